The maximum Gasteiger partial charge on any atom is 0.261 e. The third kappa shape index (κ3) is 3.24. The first-order valence-electron chi connectivity index (χ1n) is 7.33. The zero-order valence-corrected chi connectivity index (χ0v) is 14.2. The normalized spacial score (nSPS) is 11.1. The Kier molecular flexibility index (Phi) is 4.66. The highest BCUT2D eigenvalue weighted by molar-refractivity contribution is 7.20. The first-order valence-corrected chi connectivity index (χ1v) is 8.53. The highest BCUT2D eigenvalue weighted by Gasteiger charge is 2.17. The van der Waals surface area contributed by atoms with Gasteiger partial charge in [-0.3, -0.25) is 4.79 Å². The molecule has 1 amide bonds. The number of amides is 1. The van der Waals surface area contributed by atoms with Gasteiger partial charge in [-0.1, -0.05) is 17.7 Å². The van der Waals surface area contributed by atoms with E-state index in [1.54, 1.807) is 0 Å². The zero-order chi connectivity index (χ0) is 16.4. The fraction of sp³-hybridized carbons (Fsp3) is 0.250. The number of nitrogens with zero attached hydrogens (tertiary/aromatic N) is 2. The number of thiophene rings is 1. The molecule has 0 saturated heterocycles. The van der Waals surface area contributed by atoms with Crippen molar-refractivity contribution in [2.75, 3.05) is 13.1 Å². The van der Waals surface area contributed by atoms with Crippen LogP contribution in [0.3, 0.4) is 0 Å². The van der Waals surface area contributed by atoms with Crippen LogP contribution in [-0.4, -0.2) is 28.8 Å². The Hall–Kier alpha value is -1.89. The van der Waals surface area contributed by atoms with E-state index in [4.69, 9.17) is 17.3 Å². The summed E-state index contributed by atoms with van der Waals surface area (Å²) in [4.78, 5) is 13.8. The molecule has 1 aromatic carbocycles. The van der Waals surface area contributed by atoms with Crippen molar-refractivity contribution >= 4 is 39.1 Å². The summed E-state index contributed by atoms with van der Waals surface area (Å²) in [5.41, 5.74) is 7.21. The van der Waals surface area contributed by atoms with Gasteiger partial charge in [0.25, 0.3) is 5.91 Å². The van der Waals surface area contributed by atoms with E-state index in [0.29, 0.717) is 23.0 Å². The van der Waals surface area contributed by atoms with Crippen molar-refractivity contribution in [3.63, 3.8) is 0 Å². The molecule has 0 saturated carbocycles. The van der Waals surface area contributed by atoms with Crippen molar-refractivity contribution in [3.05, 3.63) is 45.9 Å². The summed E-state index contributed by atoms with van der Waals surface area (Å²) in [6.45, 7) is 3.09. The Bertz CT molecular complexity index is 855. The lowest BCUT2D eigenvalue weighted by atomic mass is 10.3. The minimum absolute atomic E-state index is 0.0725. The van der Waals surface area contributed by atoms with Crippen molar-refractivity contribution < 1.29 is 4.79 Å². The average Bonchev–Trinajstić information content (AvgIpc) is 3.08. The van der Waals surface area contributed by atoms with Crippen LogP contribution in [0.5, 0.6) is 0 Å². The Morgan fingerprint density at radius 1 is 1.43 bits per heavy atom. The second kappa shape index (κ2) is 6.70. The lowest BCUT2D eigenvalue weighted by molar-refractivity contribution is 0.0957. The van der Waals surface area contributed by atoms with E-state index < -0.39 is 0 Å². The molecule has 3 N–H and O–H groups in total. The molecule has 0 unspecified atom stereocenters. The molecule has 120 valence electrons. The Balaban J connectivity index is 1.97. The monoisotopic (exact) mass is 348 g/mol. The first kappa shape index (κ1) is 16.0. The van der Waals surface area contributed by atoms with Crippen LogP contribution in [0, 0.1) is 6.92 Å². The van der Waals surface area contributed by atoms with Gasteiger partial charge in [-0.05, 0) is 44.2 Å². The lowest BCUT2D eigenvalue weighted by Crippen LogP contribution is -2.25. The van der Waals surface area contributed by atoms with E-state index >= 15 is 0 Å². The van der Waals surface area contributed by atoms with Crippen LogP contribution >= 0.6 is 22.9 Å². The van der Waals surface area contributed by atoms with Crippen LogP contribution in [0.15, 0.2) is 30.3 Å². The van der Waals surface area contributed by atoms with Crippen molar-refractivity contribution in [3.8, 4) is 5.69 Å². The number of nitrogens with two attached hydrogens (primary N) is 1. The summed E-state index contributed by atoms with van der Waals surface area (Å²) in [6.07, 6.45) is 0.770. The minimum atomic E-state index is -0.0725. The van der Waals surface area contributed by atoms with Gasteiger partial charge < -0.3 is 11.1 Å². The molecule has 0 atom stereocenters. The van der Waals surface area contributed by atoms with Gasteiger partial charge >= 0.3 is 0 Å². The third-order valence-electron chi connectivity index (χ3n) is 3.49. The summed E-state index contributed by atoms with van der Waals surface area (Å²) in [5.74, 6) is -0.0725. The van der Waals surface area contributed by atoms with E-state index in [-0.39, 0.29) is 5.91 Å². The van der Waals surface area contributed by atoms with Crippen LogP contribution in [0.2, 0.25) is 5.02 Å². The molecule has 5 nitrogen and oxygen atoms in total. The fourth-order valence-electron chi connectivity index (χ4n) is 2.33. The van der Waals surface area contributed by atoms with Crippen LogP contribution in [0.1, 0.15) is 21.8 Å². The smallest absolute Gasteiger partial charge is 0.261 e. The molecular weight excluding hydrogens is 332 g/mol. The summed E-state index contributed by atoms with van der Waals surface area (Å²) < 4.78 is 1.83. The van der Waals surface area contributed by atoms with Gasteiger partial charge in [-0.15, -0.1) is 11.3 Å². The van der Waals surface area contributed by atoms with Gasteiger partial charge in [0.2, 0.25) is 0 Å². The van der Waals surface area contributed by atoms with Gasteiger partial charge in [-0.25, -0.2) is 4.68 Å². The van der Waals surface area contributed by atoms with E-state index in [9.17, 15) is 4.79 Å². The first-order chi connectivity index (χ1) is 11.1. The number of benzene rings is 1. The Labute approximate surface area is 143 Å². The van der Waals surface area contributed by atoms with E-state index in [0.717, 1.165) is 28.0 Å². The highest BCUT2D eigenvalue weighted by atomic mass is 35.5. The van der Waals surface area contributed by atoms with Crippen LogP contribution < -0.4 is 11.1 Å². The van der Waals surface area contributed by atoms with Crippen LogP contribution in [0.25, 0.3) is 15.9 Å². The molecule has 3 rings (SSSR count). The zero-order valence-electron chi connectivity index (χ0n) is 12.7. The van der Waals surface area contributed by atoms with Gasteiger partial charge in [0.15, 0.2) is 0 Å². The van der Waals surface area contributed by atoms with Crippen molar-refractivity contribution in [2.45, 2.75) is 13.3 Å². The number of rotatable bonds is 5. The molecule has 0 radical (unpaired) electrons. The Morgan fingerprint density at radius 2 is 2.26 bits per heavy atom. The number of hydrogen-bond donors (Lipinski definition) is 2. The maximum absolute atomic E-state index is 12.2. The minimum Gasteiger partial charge on any atom is -0.351 e. The van der Waals surface area contributed by atoms with Crippen molar-refractivity contribution in [1.29, 1.82) is 0 Å². The van der Waals surface area contributed by atoms with Crippen LogP contribution in [0.4, 0.5) is 0 Å². The lowest BCUT2D eigenvalue weighted by Gasteiger charge is -2.03. The molecule has 0 fully saturated rings. The molecule has 0 aliphatic heterocycles. The molecule has 7 heteroatoms. The number of hydrogen-bond acceptors (Lipinski definition) is 4. The van der Waals surface area contributed by atoms with E-state index in [1.165, 1.54) is 11.3 Å². The molecule has 3 aromatic rings. The van der Waals surface area contributed by atoms with Gasteiger partial charge in [0.05, 0.1) is 16.3 Å². The maximum atomic E-state index is 12.2. The van der Waals surface area contributed by atoms with Crippen molar-refractivity contribution in [2.24, 2.45) is 5.73 Å². The number of carbonyl (C=O) groups excluding carboxylic acids is 1. The quantitative estimate of drug-likeness (QED) is 0.696. The standard InChI is InChI=1S/C16H17ClN4OS/c1-10-13-9-14(15(22)19-7-3-6-18)23-16(13)21(20-10)12-5-2-4-11(17)8-12/h2,4-5,8-9H,3,6-7,18H2,1H3,(H,19,22). The third-order valence-corrected chi connectivity index (χ3v) is 4.83. The van der Waals surface area contributed by atoms with Gasteiger partial charge in [-0.2, -0.15) is 5.10 Å². The van der Waals surface area contributed by atoms with E-state index in [2.05, 4.69) is 10.4 Å². The largest absolute Gasteiger partial charge is 0.351 e. The number of aryl methyl sites for hydroxylation is 1. The second-order valence-electron chi connectivity index (χ2n) is 5.20. The summed E-state index contributed by atoms with van der Waals surface area (Å²) in [6, 6.07) is 9.39. The highest BCUT2D eigenvalue weighted by Crippen LogP contribution is 2.30. The number of fused-ring (bicyclic) bond motifs is 1. The van der Waals surface area contributed by atoms with Gasteiger partial charge in [0.1, 0.15) is 4.83 Å². The molecule has 0 spiro atoms. The number of halogens is 1. The predicted molar refractivity (Wildman–Crippen MR) is 94.7 cm³/mol. The molecule has 0 bridgehead atoms. The molecular formula is C16H17ClN4OS. The molecule has 0 aliphatic carbocycles. The molecule has 23 heavy (non-hydrogen) atoms. The number of aromatic nitrogens is 2. The number of carbonyl (C=O) groups is 1. The molecule has 2 heterocycles. The van der Waals surface area contributed by atoms with E-state index in [1.807, 2.05) is 41.9 Å². The van der Waals surface area contributed by atoms with Crippen LogP contribution in [-0.2, 0) is 0 Å². The Morgan fingerprint density at radius 3 is 3.00 bits per heavy atom. The van der Waals surface area contributed by atoms with Gasteiger partial charge in [0, 0.05) is 17.0 Å². The SMILES string of the molecule is Cc1nn(-c2cccc(Cl)c2)c2sc(C(=O)NCCCN)cc12. The molecule has 2 aromatic heterocycles. The summed E-state index contributed by atoms with van der Waals surface area (Å²) >= 11 is 7.49. The molecule has 0 aliphatic rings. The topological polar surface area (TPSA) is 72.9 Å². The predicted octanol–water partition coefficient (Wildman–Crippen LogP) is 3.13. The summed E-state index contributed by atoms with van der Waals surface area (Å²) in [7, 11) is 0. The number of nitrogens with one attached hydrogen (secondary N) is 1. The van der Waals surface area contributed by atoms with Crippen molar-refractivity contribution in [1.82, 2.24) is 15.1 Å². The summed E-state index contributed by atoms with van der Waals surface area (Å²) in [5, 5.41) is 9.07. The fourth-order valence-corrected chi connectivity index (χ4v) is 3.62. The average molecular weight is 349 g/mol. The second-order valence-corrected chi connectivity index (χ2v) is 6.67.